The van der Waals surface area contributed by atoms with Crippen molar-refractivity contribution < 1.29 is 14.3 Å². The van der Waals surface area contributed by atoms with Gasteiger partial charge in [0.1, 0.15) is 0 Å². The number of thiophene rings is 1. The van der Waals surface area contributed by atoms with E-state index in [2.05, 4.69) is 22.8 Å². The predicted molar refractivity (Wildman–Crippen MR) is 102 cm³/mol. The van der Waals surface area contributed by atoms with Gasteiger partial charge in [0.25, 0.3) is 5.91 Å². The molecular weight excluding hydrogens is 334 g/mol. The van der Waals surface area contributed by atoms with Crippen molar-refractivity contribution in [2.24, 2.45) is 0 Å². The molecule has 0 aliphatic rings. The molecule has 0 unspecified atom stereocenters. The van der Waals surface area contributed by atoms with Gasteiger partial charge in [0, 0.05) is 10.7 Å². The van der Waals surface area contributed by atoms with Gasteiger partial charge in [0.2, 0.25) is 0 Å². The van der Waals surface area contributed by atoms with Gasteiger partial charge in [0.05, 0.1) is 7.11 Å². The number of carbonyl (C=O) groups is 1. The molecule has 1 aromatic heterocycles. The zero-order valence-corrected chi connectivity index (χ0v) is 15.1. The van der Waals surface area contributed by atoms with Gasteiger partial charge in [-0.3, -0.25) is 4.79 Å². The lowest BCUT2D eigenvalue weighted by molar-refractivity contribution is -0.123. The Balaban J connectivity index is 1.54. The lowest BCUT2D eigenvalue weighted by atomic mass is 10.1. The number of ether oxygens (including phenoxy) is 2. The van der Waals surface area contributed by atoms with Crippen LogP contribution in [0.5, 0.6) is 11.5 Å². The van der Waals surface area contributed by atoms with Crippen molar-refractivity contribution in [1.82, 2.24) is 5.32 Å². The molecule has 1 N–H and O–H groups in total. The Morgan fingerprint density at radius 3 is 2.64 bits per heavy atom. The molecule has 0 fully saturated rings. The zero-order chi connectivity index (χ0) is 17.6. The van der Waals surface area contributed by atoms with Gasteiger partial charge >= 0.3 is 0 Å². The average Bonchev–Trinajstić information content (AvgIpc) is 3.03. The maximum atomic E-state index is 12.1. The maximum absolute atomic E-state index is 12.1. The van der Waals surface area contributed by atoms with Crippen molar-refractivity contribution >= 4 is 27.3 Å². The molecule has 0 spiro atoms. The highest BCUT2D eigenvalue weighted by molar-refractivity contribution is 7.17. The first-order chi connectivity index (χ1) is 12.2. The van der Waals surface area contributed by atoms with Gasteiger partial charge < -0.3 is 14.8 Å². The lowest BCUT2D eigenvalue weighted by Gasteiger charge is -2.15. The van der Waals surface area contributed by atoms with E-state index in [4.69, 9.17) is 9.47 Å². The minimum atomic E-state index is -0.141. The predicted octanol–water partition coefficient (Wildman–Crippen LogP) is 4.04. The third kappa shape index (κ3) is 4.31. The average molecular weight is 355 g/mol. The van der Waals surface area contributed by atoms with E-state index in [-0.39, 0.29) is 18.6 Å². The molecule has 1 atom stereocenters. The van der Waals surface area contributed by atoms with E-state index in [0.717, 1.165) is 6.42 Å². The summed E-state index contributed by atoms with van der Waals surface area (Å²) in [7, 11) is 1.58. The summed E-state index contributed by atoms with van der Waals surface area (Å²) in [5.41, 5.74) is 1.26. The molecule has 3 rings (SSSR count). The molecule has 0 aliphatic carbocycles. The second-order valence-corrected chi connectivity index (χ2v) is 6.78. The fraction of sp³-hybridized carbons (Fsp3) is 0.250. The minimum Gasteiger partial charge on any atom is -0.493 e. The molecule has 1 amide bonds. The quantitative estimate of drug-likeness (QED) is 0.696. The second kappa shape index (κ2) is 8.03. The van der Waals surface area contributed by atoms with Crippen molar-refractivity contribution in [3.05, 3.63) is 59.5 Å². The summed E-state index contributed by atoms with van der Waals surface area (Å²) in [5.74, 6) is 1.04. The van der Waals surface area contributed by atoms with Gasteiger partial charge in [-0.2, -0.15) is 0 Å². The van der Waals surface area contributed by atoms with Crippen LogP contribution in [-0.4, -0.2) is 25.7 Å². The molecule has 0 saturated heterocycles. The molecule has 5 heteroatoms. The van der Waals surface area contributed by atoms with Gasteiger partial charge in [-0.15, -0.1) is 11.3 Å². The molecule has 0 bridgehead atoms. The second-order valence-electron chi connectivity index (χ2n) is 5.87. The third-order valence-corrected chi connectivity index (χ3v) is 4.93. The number of fused-ring (bicyclic) bond motifs is 1. The Labute approximate surface area is 151 Å². The van der Waals surface area contributed by atoms with E-state index >= 15 is 0 Å². The normalized spacial score (nSPS) is 11.9. The van der Waals surface area contributed by atoms with Crippen LogP contribution in [0.3, 0.4) is 0 Å². The highest BCUT2D eigenvalue weighted by Crippen LogP contribution is 2.27. The molecule has 1 heterocycles. The molecule has 0 aliphatic heterocycles. The monoisotopic (exact) mass is 355 g/mol. The number of rotatable bonds is 7. The molecule has 130 valence electrons. The third-order valence-electron chi connectivity index (χ3n) is 3.92. The van der Waals surface area contributed by atoms with Gasteiger partial charge in [-0.1, -0.05) is 30.3 Å². The smallest absolute Gasteiger partial charge is 0.258 e. The molecule has 0 saturated carbocycles. The van der Waals surface area contributed by atoms with Crippen LogP contribution in [0.4, 0.5) is 0 Å². The Morgan fingerprint density at radius 1 is 1.12 bits per heavy atom. The number of methoxy groups -OCH3 is 1. The summed E-state index contributed by atoms with van der Waals surface area (Å²) in [5, 5.41) is 6.42. The summed E-state index contributed by atoms with van der Waals surface area (Å²) >= 11 is 1.74. The largest absolute Gasteiger partial charge is 0.493 e. The van der Waals surface area contributed by atoms with Gasteiger partial charge in [-0.25, -0.2) is 0 Å². The van der Waals surface area contributed by atoms with E-state index in [9.17, 15) is 4.79 Å². The number of para-hydroxylation sites is 2. The van der Waals surface area contributed by atoms with E-state index in [1.165, 1.54) is 15.6 Å². The Morgan fingerprint density at radius 2 is 1.84 bits per heavy atom. The van der Waals surface area contributed by atoms with Crippen LogP contribution in [-0.2, 0) is 11.2 Å². The summed E-state index contributed by atoms with van der Waals surface area (Å²) in [6.45, 7) is 1.97. The van der Waals surface area contributed by atoms with Crippen LogP contribution in [0, 0.1) is 0 Å². The van der Waals surface area contributed by atoms with E-state index in [1.807, 2.05) is 31.2 Å². The van der Waals surface area contributed by atoms with Crippen molar-refractivity contribution in [3.63, 3.8) is 0 Å². The Bertz CT molecular complexity index is 859. The summed E-state index contributed by atoms with van der Waals surface area (Å²) in [4.78, 5) is 12.1. The van der Waals surface area contributed by atoms with E-state index in [1.54, 1.807) is 30.6 Å². The van der Waals surface area contributed by atoms with E-state index < -0.39 is 0 Å². The molecule has 0 radical (unpaired) electrons. The fourth-order valence-electron chi connectivity index (χ4n) is 2.77. The molecular formula is C20H21NO3S. The Hall–Kier alpha value is -2.53. The standard InChI is InChI=1S/C20H21NO3S/c1-14(11-15-13-25-19-10-6-3-7-16(15)19)21-20(22)12-24-18-9-5-4-8-17(18)23-2/h3-10,13-14H,11-12H2,1-2H3,(H,21,22)/t14-/m1/s1. The Kier molecular flexibility index (Phi) is 5.56. The SMILES string of the molecule is COc1ccccc1OCC(=O)N[C@H](C)Cc1csc2ccccc12. The number of carbonyl (C=O) groups excluding carboxylic acids is 1. The fourth-order valence-corrected chi connectivity index (χ4v) is 3.75. The van der Waals surface area contributed by atoms with Crippen LogP contribution in [0.15, 0.2) is 53.9 Å². The number of nitrogens with one attached hydrogen (secondary N) is 1. The van der Waals surface area contributed by atoms with Crippen LogP contribution in [0.2, 0.25) is 0 Å². The van der Waals surface area contributed by atoms with Crippen LogP contribution in [0.1, 0.15) is 12.5 Å². The summed E-state index contributed by atoms with van der Waals surface area (Å²) < 4.78 is 12.0. The first-order valence-electron chi connectivity index (χ1n) is 8.17. The number of amides is 1. The van der Waals surface area contributed by atoms with Crippen molar-refractivity contribution in [2.75, 3.05) is 13.7 Å². The van der Waals surface area contributed by atoms with Crippen molar-refractivity contribution in [2.45, 2.75) is 19.4 Å². The molecule has 3 aromatic rings. The first kappa shape index (κ1) is 17.3. The van der Waals surface area contributed by atoms with Gasteiger partial charge in [-0.05, 0) is 47.9 Å². The molecule has 25 heavy (non-hydrogen) atoms. The highest BCUT2D eigenvalue weighted by atomic mass is 32.1. The van der Waals surface area contributed by atoms with Crippen molar-refractivity contribution in [3.8, 4) is 11.5 Å². The highest BCUT2D eigenvalue weighted by Gasteiger charge is 2.12. The van der Waals surface area contributed by atoms with Crippen LogP contribution in [0.25, 0.3) is 10.1 Å². The zero-order valence-electron chi connectivity index (χ0n) is 14.3. The topological polar surface area (TPSA) is 47.6 Å². The maximum Gasteiger partial charge on any atom is 0.258 e. The van der Waals surface area contributed by atoms with Gasteiger partial charge in [0.15, 0.2) is 18.1 Å². The number of benzene rings is 2. The van der Waals surface area contributed by atoms with Crippen LogP contribution < -0.4 is 14.8 Å². The first-order valence-corrected chi connectivity index (χ1v) is 9.05. The molecule has 2 aromatic carbocycles. The number of hydrogen-bond donors (Lipinski definition) is 1. The van der Waals surface area contributed by atoms with E-state index in [0.29, 0.717) is 11.5 Å². The summed E-state index contributed by atoms with van der Waals surface area (Å²) in [6, 6.07) is 15.7. The molecule has 4 nitrogen and oxygen atoms in total. The minimum absolute atomic E-state index is 0.0326. The summed E-state index contributed by atoms with van der Waals surface area (Å²) in [6.07, 6.45) is 0.796. The van der Waals surface area contributed by atoms with Crippen LogP contribution >= 0.6 is 11.3 Å². The number of hydrogen-bond acceptors (Lipinski definition) is 4. The lowest BCUT2D eigenvalue weighted by Crippen LogP contribution is -2.37. The van der Waals surface area contributed by atoms with Crippen molar-refractivity contribution in [1.29, 1.82) is 0 Å².